The summed E-state index contributed by atoms with van der Waals surface area (Å²) in [6.07, 6.45) is 0.477. The van der Waals surface area contributed by atoms with Crippen molar-refractivity contribution in [2.45, 2.75) is 19.4 Å². The van der Waals surface area contributed by atoms with Gasteiger partial charge in [0.25, 0.3) is 5.91 Å². The highest BCUT2D eigenvalue weighted by atomic mass is 79.9. The minimum atomic E-state index is -0.234. The number of hydrogen-bond donors (Lipinski definition) is 1. The fourth-order valence-electron chi connectivity index (χ4n) is 1.77. The van der Waals surface area contributed by atoms with Crippen LogP contribution in [0.1, 0.15) is 22.2 Å². The average Bonchev–Trinajstić information content (AvgIpc) is 2.79. The summed E-state index contributed by atoms with van der Waals surface area (Å²) in [6, 6.07) is 8.27. The summed E-state index contributed by atoms with van der Waals surface area (Å²) in [5.41, 5.74) is 0.614. The predicted molar refractivity (Wildman–Crippen MR) is 79.1 cm³/mol. The van der Waals surface area contributed by atoms with Gasteiger partial charge >= 0.3 is 0 Å². The summed E-state index contributed by atoms with van der Waals surface area (Å²) in [5, 5.41) is 4.73. The van der Waals surface area contributed by atoms with Crippen molar-refractivity contribution in [1.29, 1.82) is 0 Å². The number of rotatable bonds is 4. The molecule has 0 saturated heterocycles. The Labute approximate surface area is 123 Å². The SMILES string of the molecule is C[C@@H](Cc1ccccc1F)NC(=O)c1cc(Br)cs1. The first-order chi connectivity index (χ1) is 9.06. The smallest absolute Gasteiger partial charge is 0.261 e. The van der Waals surface area contributed by atoms with Crippen LogP contribution in [-0.4, -0.2) is 11.9 Å². The Bertz CT molecular complexity index is 584. The van der Waals surface area contributed by atoms with Gasteiger partial charge in [-0.15, -0.1) is 11.3 Å². The third-order valence-corrected chi connectivity index (χ3v) is 4.34. The van der Waals surface area contributed by atoms with Crippen molar-refractivity contribution in [1.82, 2.24) is 5.32 Å². The molecule has 0 fully saturated rings. The molecule has 0 spiro atoms. The van der Waals surface area contributed by atoms with Gasteiger partial charge in [-0.3, -0.25) is 4.79 Å². The Morgan fingerprint density at radius 1 is 1.47 bits per heavy atom. The van der Waals surface area contributed by atoms with E-state index in [1.54, 1.807) is 24.3 Å². The second-order valence-electron chi connectivity index (χ2n) is 4.30. The van der Waals surface area contributed by atoms with Crippen molar-refractivity contribution >= 4 is 33.2 Å². The van der Waals surface area contributed by atoms with E-state index in [1.807, 2.05) is 12.3 Å². The minimum Gasteiger partial charge on any atom is -0.349 e. The zero-order chi connectivity index (χ0) is 13.8. The number of halogens is 2. The molecule has 0 saturated carbocycles. The van der Waals surface area contributed by atoms with Gasteiger partial charge in [-0.2, -0.15) is 0 Å². The number of carbonyl (C=O) groups excluding carboxylic acids is 1. The zero-order valence-electron chi connectivity index (χ0n) is 10.3. The molecular formula is C14H13BrFNOS. The summed E-state index contributed by atoms with van der Waals surface area (Å²) in [7, 11) is 0. The molecule has 0 aliphatic heterocycles. The fraction of sp³-hybridized carbons (Fsp3) is 0.214. The first kappa shape index (κ1) is 14.2. The summed E-state index contributed by atoms with van der Waals surface area (Å²) < 4.78 is 14.4. The van der Waals surface area contributed by atoms with E-state index in [1.165, 1.54) is 17.4 Å². The second-order valence-corrected chi connectivity index (χ2v) is 6.13. The molecule has 0 aliphatic carbocycles. The van der Waals surface area contributed by atoms with Gasteiger partial charge in [0.1, 0.15) is 5.82 Å². The lowest BCUT2D eigenvalue weighted by Crippen LogP contribution is -2.33. The van der Waals surface area contributed by atoms with Crippen LogP contribution in [0.15, 0.2) is 40.2 Å². The van der Waals surface area contributed by atoms with Crippen LogP contribution in [0, 0.1) is 5.82 Å². The molecule has 2 nitrogen and oxygen atoms in total. The molecule has 100 valence electrons. The van der Waals surface area contributed by atoms with Gasteiger partial charge in [0.05, 0.1) is 4.88 Å². The molecule has 0 unspecified atom stereocenters. The predicted octanol–water partition coefficient (Wildman–Crippen LogP) is 4.01. The molecule has 1 N–H and O–H groups in total. The Hall–Kier alpha value is -1.20. The van der Waals surface area contributed by atoms with E-state index in [2.05, 4.69) is 21.2 Å². The van der Waals surface area contributed by atoms with Crippen LogP contribution in [0.3, 0.4) is 0 Å². The van der Waals surface area contributed by atoms with Gasteiger partial charge in [-0.1, -0.05) is 18.2 Å². The van der Waals surface area contributed by atoms with Gasteiger partial charge < -0.3 is 5.32 Å². The van der Waals surface area contributed by atoms with Gasteiger partial charge in [-0.05, 0) is 47.0 Å². The third-order valence-electron chi connectivity index (χ3n) is 2.65. The molecule has 0 radical (unpaired) electrons. The van der Waals surface area contributed by atoms with E-state index in [0.29, 0.717) is 16.9 Å². The number of benzene rings is 1. The van der Waals surface area contributed by atoms with E-state index in [9.17, 15) is 9.18 Å². The van der Waals surface area contributed by atoms with Gasteiger partial charge in [0.15, 0.2) is 0 Å². The van der Waals surface area contributed by atoms with Crippen LogP contribution >= 0.6 is 27.3 Å². The monoisotopic (exact) mass is 341 g/mol. The van der Waals surface area contributed by atoms with Crippen molar-refractivity contribution in [2.75, 3.05) is 0 Å². The molecule has 1 heterocycles. The van der Waals surface area contributed by atoms with Crippen LogP contribution in [0.2, 0.25) is 0 Å². The Kier molecular flexibility index (Phi) is 4.71. The van der Waals surface area contributed by atoms with Crippen molar-refractivity contribution in [2.24, 2.45) is 0 Å². The first-order valence-electron chi connectivity index (χ1n) is 5.84. The highest BCUT2D eigenvalue weighted by Gasteiger charge is 2.13. The van der Waals surface area contributed by atoms with Gasteiger partial charge in [0, 0.05) is 15.9 Å². The molecule has 1 aromatic carbocycles. The largest absolute Gasteiger partial charge is 0.349 e. The molecule has 0 bridgehead atoms. The maximum absolute atomic E-state index is 13.5. The van der Waals surface area contributed by atoms with Crippen molar-refractivity contribution < 1.29 is 9.18 Å². The lowest BCUT2D eigenvalue weighted by molar-refractivity contribution is 0.0944. The molecular weight excluding hydrogens is 329 g/mol. The third kappa shape index (κ3) is 3.88. The molecule has 5 heteroatoms. The molecule has 0 aliphatic rings. The summed E-state index contributed by atoms with van der Waals surface area (Å²) in [4.78, 5) is 12.6. The number of carbonyl (C=O) groups is 1. The molecule has 19 heavy (non-hydrogen) atoms. The minimum absolute atomic E-state index is 0.120. The second kappa shape index (κ2) is 6.30. The highest BCUT2D eigenvalue weighted by molar-refractivity contribution is 9.10. The van der Waals surface area contributed by atoms with Crippen molar-refractivity contribution in [3.63, 3.8) is 0 Å². The van der Waals surface area contributed by atoms with E-state index in [-0.39, 0.29) is 17.8 Å². The number of thiophene rings is 1. The lowest BCUT2D eigenvalue weighted by atomic mass is 10.1. The van der Waals surface area contributed by atoms with E-state index >= 15 is 0 Å². The number of amides is 1. The zero-order valence-corrected chi connectivity index (χ0v) is 12.7. The van der Waals surface area contributed by atoms with Gasteiger partial charge in [-0.25, -0.2) is 4.39 Å². The molecule has 1 aromatic heterocycles. The molecule has 1 amide bonds. The van der Waals surface area contributed by atoms with Crippen LogP contribution in [-0.2, 0) is 6.42 Å². The highest BCUT2D eigenvalue weighted by Crippen LogP contribution is 2.19. The molecule has 2 rings (SSSR count). The van der Waals surface area contributed by atoms with Crippen LogP contribution in [0.5, 0.6) is 0 Å². The van der Waals surface area contributed by atoms with Gasteiger partial charge in [0.2, 0.25) is 0 Å². The van der Waals surface area contributed by atoms with Crippen molar-refractivity contribution in [3.05, 3.63) is 56.4 Å². The van der Waals surface area contributed by atoms with E-state index in [4.69, 9.17) is 0 Å². The van der Waals surface area contributed by atoms with E-state index in [0.717, 1.165) is 4.47 Å². The Morgan fingerprint density at radius 2 is 2.21 bits per heavy atom. The Balaban J connectivity index is 1.96. The van der Waals surface area contributed by atoms with E-state index < -0.39 is 0 Å². The topological polar surface area (TPSA) is 29.1 Å². The first-order valence-corrected chi connectivity index (χ1v) is 7.52. The standard InChI is InChI=1S/C14H13BrFNOS/c1-9(6-10-4-2-3-5-12(10)16)17-14(18)13-7-11(15)8-19-13/h2-5,7-9H,6H2,1H3,(H,17,18)/t9-/m0/s1. The van der Waals surface area contributed by atoms with Crippen LogP contribution in [0.25, 0.3) is 0 Å². The summed E-state index contributed by atoms with van der Waals surface area (Å²) in [5.74, 6) is -0.359. The summed E-state index contributed by atoms with van der Waals surface area (Å²) in [6.45, 7) is 1.87. The number of hydrogen-bond acceptors (Lipinski definition) is 2. The lowest BCUT2D eigenvalue weighted by Gasteiger charge is -2.13. The van der Waals surface area contributed by atoms with Crippen molar-refractivity contribution in [3.8, 4) is 0 Å². The Morgan fingerprint density at radius 3 is 2.84 bits per heavy atom. The molecule has 1 atom stereocenters. The maximum atomic E-state index is 13.5. The normalized spacial score (nSPS) is 12.2. The number of nitrogens with one attached hydrogen (secondary N) is 1. The fourth-order valence-corrected chi connectivity index (χ4v) is 3.10. The van der Waals surface area contributed by atoms with Crippen LogP contribution in [0.4, 0.5) is 4.39 Å². The average molecular weight is 342 g/mol. The quantitative estimate of drug-likeness (QED) is 0.894. The summed E-state index contributed by atoms with van der Waals surface area (Å²) >= 11 is 4.69. The van der Waals surface area contributed by atoms with Crippen LogP contribution < -0.4 is 5.32 Å². The molecule has 2 aromatic rings. The maximum Gasteiger partial charge on any atom is 0.261 e.